The summed E-state index contributed by atoms with van der Waals surface area (Å²) in [6, 6.07) is 7.00. The number of piperazine rings is 1. The molecule has 0 aromatic heterocycles. The monoisotopic (exact) mass is 306 g/mol. The molecule has 21 heavy (non-hydrogen) atoms. The van der Waals surface area contributed by atoms with Crippen LogP contribution in [-0.2, 0) is 0 Å². The van der Waals surface area contributed by atoms with E-state index in [0.717, 1.165) is 18.8 Å². The zero-order valence-electron chi connectivity index (χ0n) is 12.8. The second kappa shape index (κ2) is 5.98. The van der Waals surface area contributed by atoms with Crippen LogP contribution in [0.4, 0.5) is 5.69 Å². The maximum absolute atomic E-state index is 11.5. The third-order valence-electron chi connectivity index (χ3n) is 4.85. The number of Topliss-reactive ketones (excluding diaryl/α,β-unsaturated/α-hetero) is 1. The Morgan fingerprint density at radius 3 is 2.81 bits per heavy atom. The highest BCUT2D eigenvalue weighted by Crippen LogP contribution is 2.30. The Hall–Kier alpha value is -1.06. The first-order valence-electron chi connectivity index (χ1n) is 7.87. The predicted octanol–water partition coefficient (Wildman–Crippen LogP) is 3.61. The lowest BCUT2D eigenvalue weighted by molar-refractivity contribution is 0.101. The number of carbonyl (C=O) groups is 1. The Labute approximate surface area is 131 Å². The number of anilines is 1. The lowest BCUT2D eigenvalue weighted by atomic mass is 9.96. The number of carbonyl (C=O) groups excluding carboxylic acids is 1. The van der Waals surface area contributed by atoms with Crippen LogP contribution in [0.25, 0.3) is 0 Å². The van der Waals surface area contributed by atoms with E-state index >= 15 is 0 Å². The number of piperidine rings is 1. The summed E-state index contributed by atoms with van der Waals surface area (Å²) in [6.45, 7) is 7.27. The predicted molar refractivity (Wildman–Crippen MR) is 87.5 cm³/mol. The summed E-state index contributed by atoms with van der Waals surface area (Å²) in [5.74, 6) is 0.0247. The average Bonchev–Trinajstić information content (AvgIpc) is 2.46. The first-order valence-corrected chi connectivity index (χ1v) is 8.25. The Balaban J connectivity index is 1.82. The SMILES string of the molecule is CC(=O)c1ccc(N2CC3CCCCN3CC2C)cc1Cl. The topological polar surface area (TPSA) is 23.6 Å². The van der Waals surface area contributed by atoms with Crippen molar-refractivity contribution in [2.45, 2.75) is 45.2 Å². The third kappa shape index (κ3) is 2.95. The van der Waals surface area contributed by atoms with Gasteiger partial charge in [0.1, 0.15) is 0 Å². The van der Waals surface area contributed by atoms with Gasteiger partial charge in [0.05, 0.1) is 5.02 Å². The van der Waals surface area contributed by atoms with Crippen LogP contribution in [-0.4, -0.2) is 42.4 Å². The number of hydrogen-bond acceptors (Lipinski definition) is 3. The number of benzene rings is 1. The van der Waals surface area contributed by atoms with E-state index in [1.807, 2.05) is 18.2 Å². The molecule has 0 N–H and O–H groups in total. The molecule has 3 nitrogen and oxygen atoms in total. The summed E-state index contributed by atoms with van der Waals surface area (Å²) >= 11 is 6.27. The molecule has 2 fully saturated rings. The van der Waals surface area contributed by atoms with Crippen molar-refractivity contribution in [1.29, 1.82) is 0 Å². The van der Waals surface area contributed by atoms with Crippen molar-refractivity contribution in [2.24, 2.45) is 0 Å². The van der Waals surface area contributed by atoms with Crippen LogP contribution in [0.15, 0.2) is 18.2 Å². The average molecular weight is 307 g/mol. The zero-order chi connectivity index (χ0) is 15.0. The molecule has 0 bridgehead atoms. The van der Waals surface area contributed by atoms with Gasteiger partial charge in [-0.05, 0) is 51.4 Å². The summed E-state index contributed by atoms with van der Waals surface area (Å²) in [5.41, 5.74) is 1.76. The molecule has 2 saturated heterocycles. The van der Waals surface area contributed by atoms with Crippen molar-refractivity contribution in [3.8, 4) is 0 Å². The first-order chi connectivity index (χ1) is 10.1. The van der Waals surface area contributed by atoms with Crippen molar-refractivity contribution >= 4 is 23.1 Å². The Morgan fingerprint density at radius 1 is 1.29 bits per heavy atom. The molecule has 2 aliphatic heterocycles. The molecule has 1 aromatic rings. The summed E-state index contributed by atoms with van der Waals surface area (Å²) in [7, 11) is 0. The van der Waals surface area contributed by atoms with Crippen LogP contribution in [0.1, 0.15) is 43.5 Å². The van der Waals surface area contributed by atoms with Crippen LogP contribution >= 0.6 is 11.6 Å². The molecule has 3 rings (SSSR count). The minimum absolute atomic E-state index is 0.0247. The van der Waals surface area contributed by atoms with E-state index in [9.17, 15) is 4.79 Å². The smallest absolute Gasteiger partial charge is 0.161 e. The lowest BCUT2D eigenvalue weighted by Crippen LogP contribution is -2.58. The Kier molecular flexibility index (Phi) is 4.23. The maximum Gasteiger partial charge on any atom is 0.161 e. The van der Waals surface area contributed by atoms with E-state index in [1.165, 1.54) is 25.8 Å². The number of fused-ring (bicyclic) bond motifs is 1. The molecule has 2 heterocycles. The molecule has 2 unspecified atom stereocenters. The standard InChI is InChI=1S/C17H23ClN2O/c1-12-10-19-8-4-3-5-15(19)11-20(12)14-6-7-16(13(2)21)17(18)9-14/h6-7,9,12,15H,3-5,8,10-11H2,1-2H3. The van der Waals surface area contributed by atoms with Gasteiger partial charge >= 0.3 is 0 Å². The van der Waals surface area contributed by atoms with Crippen LogP contribution in [0.2, 0.25) is 5.02 Å². The van der Waals surface area contributed by atoms with Gasteiger partial charge in [-0.2, -0.15) is 0 Å². The van der Waals surface area contributed by atoms with Crippen LogP contribution in [0, 0.1) is 0 Å². The fourth-order valence-electron chi connectivity index (χ4n) is 3.68. The number of ketones is 1. The van der Waals surface area contributed by atoms with E-state index in [0.29, 0.717) is 22.7 Å². The van der Waals surface area contributed by atoms with Crippen LogP contribution in [0.3, 0.4) is 0 Å². The van der Waals surface area contributed by atoms with E-state index in [4.69, 9.17) is 11.6 Å². The molecule has 114 valence electrons. The summed E-state index contributed by atoms with van der Waals surface area (Å²) in [5, 5.41) is 0.568. The summed E-state index contributed by atoms with van der Waals surface area (Å²) < 4.78 is 0. The van der Waals surface area contributed by atoms with Gasteiger partial charge in [0.2, 0.25) is 0 Å². The van der Waals surface area contributed by atoms with E-state index in [-0.39, 0.29) is 5.78 Å². The highest BCUT2D eigenvalue weighted by atomic mass is 35.5. The Morgan fingerprint density at radius 2 is 2.10 bits per heavy atom. The minimum atomic E-state index is 0.0247. The molecule has 0 aliphatic carbocycles. The Bertz CT molecular complexity index is 546. The maximum atomic E-state index is 11.5. The van der Waals surface area contributed by atoms with Crippen molar-refractivity contribution in [2.75, 3.05) is 24.5 Å². The van der Waals surface area contributed by atoms with Gasteiger partial charge in [-0.25, -0.2) is 0 Å². The molecular weight excluding hydrogens is 284 g/mol. The molecular formula is C17H23ClN2O. The van der Waals surface area contributed by atoms with Crippen molar-refractivity contribution in [1.82, 2.24) is 4.90 Å². The fraction of sp³-hybridized carbons (Fsp3) is 0.588. The van der Waals surface area contributed by atoms with E-state index in [1.54, 1.807) is 6.92 Å². The fourth-order valence-corrected chi connectivity index (χ4v) is 3.99. The molecule has 0 spiro atoms. The normalized spacial score (nSPS) is 26.5. The van der Waals surface area contributed by atoms with Gasteiger partial charge in [0, 0.05) is 36.4 Å². The molecule has 1 aromatic carbocycles. The van der Waals surface area contributed by atoms with Crippen LogP contribution < -0.4 is 4.90 Å². The van der Waals surface area contributed by atoms with Gasteiger partial charge in [-0.15, -0.1) is 0 Å². The zero-order valence-corrected chi connectivity index (χ0v) is 13.6. The molecule has 0 amide bonds. The van der Waals surface area contributed by atoms with Gasteiger partial charge in [-0.1, -0.05) is 18.0 Å². The van der Waals surface area contributed by atoms with Gasteiger partial charge < -0.3 is 4.90 Å². The van der Waals surface area contributed by atoms with Crippen molar-refractivity contribution < 1.29 is 4.79 Å². The number of rotatable bonds is 2. The highest BCUT2D eigenvalue weighted by molar-refractivity contribution is 6.34. The summed E-state index contributed by atoms with van der Waals surface area (Å²) in [6.07, 6.45) is 3.97. The van der Waals surface area contributed by atoms with Gasteiger partial charge in [0.25, 0.3) is 0 Å². The van der Waals surface area contributed by atoms with Crippen molar-refractivity contribution in [3.63, 3.8) is 0 Å². The lowest BCUT2D eigenvalue weighted by Gasteiger charge is -2.48. The van der Waals surface area contributed by atoms with Gasteiger partial charge in [-0.3, -0.25) is 9.69 Å². The molecule has 0 saturated carbocycles. The van der Waals surface area contributed by atoms with Gasteiger partial charge in [0.15, 0.2) is 5.78 Å². The summed E-state index contributed by atoms with van der Waals surface area (Å²) in [4.78, 5) is 16.6. The second-order valence-corrected chi connectivity index (χ2v) is 6.77. The minimum Gasteiger partial charge on any atom is -0.366 e. The van der Waals surface area contributed by atoms with Crippen molar-refractivity contribution in [3.05, 3.63) is 28.8 Å². The molecule has 2 atom stereocenters. The molecule has 0 radical (unpaired) electrons. The van der Waals surface area contributed by atoms with E-state index in [2.05, 4.69) is 16.7 Å². The first kappa shape index (κ1) is 14.9. The molecule has 2 aliphatic rings. The van der Waals surface area contributed by atoms with E-state index < -0.39 is 0 Å². The highest BCUT2D eigenvalue weighted by Gasteiger charge is 2.33. The second-order valence-electron chi connectivity index (χ2n) is 6.37. The number of nitrogens with zero attached hydrogens (tertiary/aromatic N) is 2. The number of halogens is 1. The number of hydrogen-bond donors (Lipinski definition) is 0. The molecule has 4 heteroatoms. The largest absolute Gasteiger partial charge is 0.366 e. The quantitative estimate of drug-likeness (QED) is 0.780. The van der Waals surface area contributed by atoms with Crippen LogP contribution in [0.5, 0.6) is 0 Å². The third-order valence-corrected chi connectivity index (χ3v) is 5.16.